The van der Waals surface area contributed by atoms with Crippen molar-refractivity contribution in [3.8, 4) is 0 Å². The Kier molecular flexibility index (Phi) is 7.29. The molecule has 1 heterocycles. The molecule has 2 amide bonds. The molecule has 2 aromatic carbocycles. The molecule has 1 aliphatic heterocycles. The van der Waals surface area contributed by atoms with E-state index in [-0.39, 0.29) is 24.4 Å². The maximum atomic E-state index is 13.8. The third kappa shape index (κ3) is 5.54. The van der Waals surface area contributed by atoms with Gasteiger partial charge in [0.1, 0.15) is 11.6 Å². The van der Waals surface area contributed by atoms with E-state index in [0.717, 1.165) is 12.1 Å². The number of nitrogens with zero attached hydrogens (tertiary/aromatic N) is 1. The number of rotatable bonds is 6. The monoisotopic (exact) mass is 444 g/mol. The lowest BCUT2D eigenvalue weighted by Crippen LogP contribution is -2.41. The Bertz CT molecular complexity index is 1050. The molecule has 1 aliphatic rings. The topological polar surface area (TPSA) is 92.8 Å². The quantitative estimate of drug-likeness (QED) is 0.546. The number of ketones is 1. The van der Waals surface area contributed by atoms with Gasteiger partial charge in [-0.15, -0.1) is 0 Å². The van der Waals surface area contributed by atoms with Crippen molar-refractivity contribution in [1.82, 2.24) is 4.90 Å². The maximum absolute atomic E-state index is 13.8. The smallest absolute Gasteiger partial charge is 0.309 e. The van der Waals surface area contributed by atoms with Crippen molar-refractivity contribution in [2.24, 2.45) is 5.92 Å². The van der Waals surface area contributed by atoms with Gasteiger partial charge < -0.3 is 15.0 Å². The van der Waals surface area contributed by atoms with Crippen molar-refractivity contribution in [3.05, 3.63) is 65.2 Å². The molecular formula is C23H22F2N2O5. The van der Waals surface area contributed by atoms with Crippen LogP contribution in [0.25, 0.3) is 0 Å². The lowest BCUT2D eigenvalue weighted by atomic mass is 9.96. The molecule has 3 rings (SSSR count). The number of likely N-dealkylation sites (tertiary alicyclic amines) is 1. The first-order valence-electron chi connectivity index (χ1n) is 10.1. The first-order valence-corrected chi connectivity index (χ1v) is 10.1. The number of Topliss-reactive ketones (excluding diaryl/α,β-unsaturated/α-hetero) is 1. The van der Waals surface area contributed by atoms with Crippen LogP contribution in [0.2, 0.25) is 0 Å². The molecule has 0 saturated carbocycles. The molecule has 7 nitrogen and oxygen atoms in total. The van der Waals surface area contributed by atoms with E-state index in [0.29, 0.717) is 30.2 Å². The predicted octanol–water partition coefficient (Wildman–Crippen LogP) is 3.20. The SMILES string of the molecule is CC(=O)c1ccccc1NC(=O)COC(=O)C1CCN(C(=O)c2ccc(F)cc2F)CC1. The van der Waals surface area contributed by atoms with E-state index in [1.807, 2.05) is 0 Å². The Morgan fingerprint density at radius 2 is 1.72 bits per heavy atom. The van der Waals surface area contributed by atoms with Gasteiger partial charge in [-0.05, 0) is 44.0 Å². The Morgan fingerprint density at radius 3 is 2.38 bits per heavy atom. The molecule has 0 aliphatic carbocycles. The number of benzene rings is 2. The molecule has 0 radical (unpaired) electrons. The highest BCUT2D eigenvalue weighted by atomic mass is 19.1. The average Bonchev–Trinajstić information content (AvgIpc) is 2.77. The van der Waals surface area contributed by atoms with E-state index >= 15 is 0 Å². The van der Waals surface area contributed by atoms with Crippen LogP contribution in [-0.2, 0) is 14.3 Å². The predicted molar refractivity (Wildman–Crippen MR) is 111 cm³/mol. The van der Waals surface area contributed by atoms with E-state index in [1.54, 1.807) is 24.3 Å². The molecule has 168 valence electrons. The molecular weight excluding hydrogens is 422 g/mol. The summed E-state index contributed by atoms with van der Waals surface area (Å²) in [5.41, 5.74) is 0.456. The van der Waals surface area contributed by atoms with Crippen molar-refractivity contribution < 1.29 is 32.7 Å². The van der Waals surface area contributed by atoms with E-state index < -0.39 is 41.9 Å². The highest BCUT2D eigenvalue weighted by molar-refractivity contribution is 6.04. The molecule has 1 saturated heterocycles. The van der Waals surface area contributed by atoms with Crippen LogP contribution in [0.1, 0.15) is 40.5 Å². The fraction of sp³-hybridized carbons (Fsp3) is 0.304. The zero-order chi connectivity index (χ0) is 23.3. The van der Waals surface area contributed by atoms with Crippen LogP contribution in [-0.4, -0.2) is 48.2 Å². The molecule has 0 atom stereocenters. The van der Waals surface area contributed by atoms with Crippen molar-refractivity contribution in [2.75, 3.05) is 25.0 Å². The first-order chi connectivity index (χ1) is 15.3. The third-order valence-corrected chi connectivity index (χ3v) is 5.20. The minimum atomic E-state index is -0.936. The molecule has 1 N–H and O–H groups in total. The van der Waals surface area contributed by atoms with E-state index in [4.69, 9.17) is 4.74 Å². The number of halogens is 2. The van der Waals surface area contributed by atoms with Gasteiger partial charge in [-0.2, -0.15) is 0 Å². The van der Waals surface area contributed by atoms with Crippen molar-refractivity contribution in [3.63, 3.8) is 0 Å². The summed E-state index contributed by atoms with van der Waals surface area (Å²) in [6, 6.07) is 9.26. The number of piperidine rings is 1. The molecule has 0 spiro atoms. The van der Waals surface area contributed by atoms with Crippen molar-refractivity contribution >= 4 is 29.3 Å². The minimum absolute atomic E-state index is 0.202. The second kappa shape index (κ2) is 10.1. The number of carbonyl (C=O) groups is 4. The standard InChI is InChI=1S/C23H22F2N2O5/c1-14(28)17-4-2-3-5-20(17)26-21(29)13-32-23(31)15-8-10-27(11-9-15)22(30)18-7-6-16(24)12-19(18)25/h2-7,12,15H,8-11,13H2,1H3,(H,26,29). The minimum Gasteiger partial charge on any atom is -0.455 e. The second-order valence-corrected chi connectivity index (χ2v) is 7.45. The number of hydrogen-bond acceptors (Lipinski definition) is 5. The normalized spacial score (nSPS) is 14.0. The Hall–Kier alpha value is -3.62. The molecule has 32 heavy (non-hydrogen) atoms. The van der Waals surface area contributed by atoms with E-state index in [1.165, 1.54) is 11.8 Å². The van der Waals surface area contributed by atoms with Gasteiger partial charge in [0.15, 0.2) is 12.4 Å². The number of anilines is 1. The van der Waals surface area contributed by atoms with Gasteiger partial charge >= 0.3 is 5.97 Å². The Morgan fingerprint density at radius 1 is 1.03 bits per heavy atom. The van der Waals surface area contributed by atoms with Crippen molar-refractivity contribution in [1.29, 1.82) is 0 Å². The fourth-order valence-corrected chi connectivity index (χ4v) is 3.49. The zero-order valence-corrected chi connectivity index (χ0v) is 17.4. The van der Waals surface area contributed by atoms with Gasteiger partial charge in [0, 0.05) is 24.7 Å². The number of esters is 1. The molecule has 0 aromatic heterocycles. The highest BCUT2D eigenvalue weighted by Gasteiger charge is 2.30. The Labute approximate surface area is 183 Å². The number of hydrogen-bond donors (Lipinski definition) is 1. The first kappa shape index (κ1) is 23.1. The summed E-state index contributed by atoms with van der Waals surface area (Å²) in [7, 11) is 0. The van der Waals surface area contributed by atoms with Crippen molar-refractivity contribution in [2.45, 2.75) is 19.8 Å². The molecule has 2 aromatic rings. The number of carbonyl (C=O) groups excluding carboxylic acids is 4. The number of nitrogens with one attached hydrogen (secondary N) is 1. The van der Waals surface area contributed by atoms with Gasteiger partial charge in [0.25, 0.3) is 11.8 Å². The highest BCUT2D eigenvalue weighted by Crippen LogP contribution is 2.22. The number of para-hydroxylation sites is 1. The summed E-state index contributed by atoms with van der Waals surface area (Å²) in [4.78, 5) is 49.9. The lowest BCUT2D eigenvalue weighted by molar-refractivity contribution is -0.152. The summed E-state index contributed by atoms with van der Waals surface area (Å²) in [5.74, 6) is -4.14. The second-order valence-electron chi connectivity index (χ2n) is 7.45. The van der Waals surface area contributed by atoms with Gasteiger partial charge in [0.2, 0.25) is 0 Å². The summed E-state index contributed by atoms with van der Waals surface area (Å²) >= 11 is 0. The van der Waals surface area contributed by atoms with Gasteiger partial charge in [-0.1, -0.05) is 12.1 Å². The van der Waals surface area contributed by atoms with Crippen LogP contribution in [0.15, 0.2) is 42.5 Å². The van der Waals surface area contributed by atoms with Crippen LogP contribution in [0.5, 0.6) is 0 Å². The lowest BCUT2D eigenvalue weighted by Gasteiger charge is -2.31. The summed E-state index contributed by atoms with van der Waals surface area (Å²) in [5, 5.41) is 2.55. The molecule has 1 fully saturated rings. The van der Waals surface area contributed by atoms with E-state index in [2.05, 4.69) is 5.32 Å². The maximum Gasteiger partial charge on any atom is 0.309 e. The molecule has 0 unspecified atom stereocenters. The fourth-order valence-electron chi connectivity index (χ4n) is 3.49. The van der Waals surface area contributed by atoms with Crippen LogP contribution >= 0.6 is 0 Å². The van der Waals surface area contributed by atoms with Crippen LogP contribution in [0, 0.1) is 17.6 Å². The number of ether oxygens (including phenoxy) is 1. The molecule has 0 bridgehead atoms. The summed E-state index contributed by atoms with van der Waals surface area (Å²) in [6.45, 7) is 1.28. The van der Waals surface area contributed by atoms with Crippen LogP contribution in [0.4, 0.5) is 14.5 Å². The largest absolute Gasteiger partial charge is 0.455 e. The third-order valence-electron chi connectivity index (χ3n) is 5.20. The van der Waals surface area contributed by atoms with Gasteiger partial charge in [-0.3, -0.25) is 19.2 Å². The number of amides is 2. The summed E-state index contributed by atoms with van der Waals surface area (Å²) in [6.07, 6.45) is 0.588. The van der Waals surface area contributed by atoms with Crippen LogP contribution in [0.3, 0.4) is 0 Å². The van der Waals surface area contributed by atoms with Crippen LogP contribution < -0.4 is 5.32 Å². The van der Waals surface area contributed by atoms with Gasteiger partial charge in [0.05, 0.1) is 17.2 Å². The average molecular weight is 444 g/mol. The van der Waals surface area contributed by atoms with Gasteiger partial charge in [-0.25, -0.2) is 8.78 Å². The molecule has 9 heteroatoms. The summed E-state index contributed by atoms with van der Waals surface area (Å²) < 4.78 is 32.0. The van der Waals surface area contributed by atoms with E-state index in [9.17, 15) is 28.0 Å². The Balaban J connectivity index is 1.48. The zero-order valence-electron chi connectivity index (χ0n) is 17.4.